The summed E-state index contributed by atoms with van der Waals surface area (Å²) in [5.41, 5.74) is 0.853. The standard InChI is InChI=1S/C15H21N3O2S2/c1-3-18(12-4-7-17(2)8-5-12)22(19,20)13-10-15-14(16-11-13)6-9-21-15/h6,9-12H,3-5,7-8H2,1-2H3. The minimum Gasteiger partial charge on any atom is -0.306 e. The molecule has 0 saturated carbocycles. The predicted molar refractivity (Wildman–Crippen MR) is 89.7 cm³/mol. The summed E-state index contributed by atoms with van der Waals surface area (Å²) in [5.74, 6) is 0. The number of hydrogen-bond acceptors (Lipinski definition) is 5. The second-order valence-corrected chi connectivity index (χ2v) is 8.56. The van der Waals surface area contributed by atoms with Crippen molar-refractivity contribution in [2.75, 3.05) is 26.7 Å². The van der Waals surface area contributed by atoms with Gasteiger partial charge in [0.05, 0.1) is 10.2 Å². The maximum absolute atomic E-state index is 13.0. The molecule has 5 nitrogen and oxygen atoms in total. The Balaban J connectivity index is 1.92. The second-order valence-electron chi connectivity index (χ2n) is 5.72. The highest BCUT2D eigenvalue weighted by Gasteiger charge is 2.32. The van der Waals surface area contributed by atoms with Gasteiger partial charge in [0.2, 0.25) is 10.0 Å². The van der Waals surface area contributed by atoms with Crippen LogP contribution in [0.2, 0.25) is 0 Å². The number of thiophene rings is 1. The SMILES string of the molecule is CCN(C1CCN(C)CC1)S(=O)(=O)c1cnc2ccsc2c1. The van der Waals surface area contributed by atoms with Crippen LogP contribution in [-0.2, 0) is 10.0 Å². The first-order valence-corrected chi connectivity index (χ1v) is 9.88. The van der Waals surface area contributed by atoms with Gasteiger partial charge in [-0.05, 0) is 50.5 Å². The fourth-order valence-electron chi connectivity index (χ4n) is 3.01. The number of nitrogens with zero attached hydrogens (tertiary/aromatic N) is 3. The van der Waals surface area contributed by atoms with E-state index in [9.17, 15) is 8.42 Å². The first kappa shape index (κ1) is 15.9. The molecule has 22 heavy (non-hydrogen) atoms. The summed E-state index contributed by atoms with van der Waals surface area (Å²) in [6.07, 6.45) is 3.26. The summed E-state index contributed by atoms with van der Waals surface area (Å²) in [5, 5.41) is 1.93. The molecule has 0 amide bonds. The van der Waals surface area contributed by atoms with Gasteiger partial charge in [-0.25, -0.2) is 8.42 Å². The molecular weight excluding hydrogens is 318 g/mol. The quantitative estimate of drug-likeness (QED) is 0.858. The van der Waals surface area contributed by atoms with Crippen LogP contribution >= 0.6 is 11.3 Å². The molecule has 2 aromatic rings. The molecule has 1 saturated heterocycles. The summed E-state index contributed by atoms with van der Waals surface area (Å²) in [7, 11) is -1.40. The monoisotopic (exact) mass is 339 g/mol. The molecule has 1 aliphatic rings. The Bertz CT molecular complexity index is 749. The smallest absolute Gasteiger partial charge is 0.244 e. The van der Waals surface area contributed by atoms with Gasteiger partial charge in [0, 0.05) is 18.8 Å². The van der Waals surface area contributed by atoms with Crippen molar-refractivity contribution < 1.29 is 8.42 Å². The molecule has 2 aromatic heterocycles. The van der Waals surface area contributed by atoms with Crippen LogP contribution in [0.15, 0.2) is 28.6 Å². The van der Waals surface area contributed by atoms with Gasteiger partial charge in [0.25, 0.3) is 0 Å². The highest BCUT2D eigenvalue weighted by atomic mass is 32.2. The molecule has 0 unspecified atom stereocenters. The minimum atomic E-state index is -3.48. The summed E-state index contributed by atoms with van der Waals surface area (Å²) in [6, 6.07) is 3.75. The lowest BCUT2D eigenvalue weighted by molar-refractivity contribution is 0.186. The van der Waals surface area contributed by atoms with Gasteiger partial charge in [0.1, 0.15) is 4.90 Å². The van der Waals surface area contributed by atoms with Gasteiger partial charge in [-0.2, -0.15) is 4.31 Å². The zero-order valence-corrected chi connectivity index (χ0v) is 14.5. The zero-order chi connectivity index (χ0) is 15.7. The summed E-state index contributed by atoms with van der Waals surface area (Å²) < 4.78 is 28.5. The Hall–Kier alpha value is -1.02. The number of sulfonamides is 1. The van der Waals surface area contributed by atoms with Crippen LogP contribution < -0.4 is 0 Å². The molecule has 0 atom stereocenters. The number of hydrogen-bond donors (Lipinski definition) is 0. The number of piperidine rings is 1. The van der Waals surface area contributed by atoms with Gasteiger partial charge < -0.3 is 4.90 Å². The van der Waals surface area contributed by atoms with Gasteiger partial charge in [-0.1, -0.05) is 6.92 Å². The average Bonchev–Trinajstić information content (AvgIpc) is 2.97. The second kappa shape index (κ2) is 6.23. The van der Waals surface area contributed by atoms with Gasteiger partial charge in [-0.15, -0.1) is 11.3 Å². The van der Waals surface area contributed by atoms with Gasteiger partial charge in [0.15, 0.2) is 0 Å². The average molecular weight is 339 g/mol. The molecule has 0 bridgehead atoms. The molecule has 7 heteroatoms. The Labute approximate surface area is 135 Å². The lowest BCUT2D eigenvalue weighted by Crippen LogP contribution is -2.46. The van der Waals surface area contributed by atoms with E-state index in [4.69, 9.17) is 0 Å². The molecule has 3 rings (SSSR count). The fourth-order valence-corrected chi connectivity index (χ4v) is 5.53. The van der Waals surface area contributed by atoms with Crippen LogP contribution in [0.1, 0.15) is 19.8 Å². The van der Waals surface area contributed by atoms with Crippen molar-refractivity contribution in [2.45, 2.75) is 30.7 Å². The van der Waals surface area contributed by atoms with E-state index < -0.39 is 10.0 Å². The van der Waals surface area contributed by atoms with Crippen LogP contribution in [0.5, 0.6) is 0 Å². The predicted octanol–water partition coefficient (Wildman–Crippen LogP) is 2.40. The number of fused-ring (bicyclic) bond motifs is 1. The first-order valence-electron chi connectivity index (χ1n) is 7.56. The molecule has 1 aliphatic heterocycles. The van der Waals surface area contributed by atoms with Crippen LogP contribution in [0, 0.1) is 0 Å². The van der Waals surface area contributed by atoms with Crippen LogP contribution in [0.3, 0.4) is 0 Å². The number of rotatable bonds is 4. The summed E-state index contributed by atoms with van der Waals surface area (Å²) in [4.78, 5) is 6.83. The van der Waals surface area contributed by atoms with Crippen molar-refractivity contribution in [3.05, 3.63) is 23.7 Å². The number of pyridine rings is 1. The van der Waals surface area contributed by atoms with E-state index in [0.717, 1.165) is 36.1 Å². The minimum absolute atomic E-state index is 0.0882. The topological polar surface area (TPSA) is 53.5 Å². The molecule has 3 heterocycles. The number of aromatic nitrogens is 1. The largest absolute Gasteiger partial charge is 0.306 e. The summed E-state index contributed by atoms with van der Waals surface area (Å²) in [6.45, 7) is 4.30. The molecule has 120 valence electrons. The Morgan fingerprint density at radius 2 is 2.14 bits per heavy atom. The van der Waals surface area contributed by atoms with Crippen LogP contribution in [0.25, 0.3) is 10.2 Å². The molecule has 0 radical (unpaired) electrons. The molecule has 0 N–H and O–H groups in total. The van der Waals surface area contributed by atoms with Crippen molar-refractivity contribution in [2.24, 2.45) is 0 Å². The van der Waals surface area contributed by atoms with Gasteiger partial charge >= 0.3 is 0 Å². The first-order chi connectivity index (χ1) is 10.5. The lowest BCUT2D eigenvalue weighted by atomic mass is 10.1. The van der Waals surface area contributed by atoms with E-state index >= 15 is 0 Å². The fraction of sp³-hybridized carbons (Fsp3) is 0.533. The third kappa shape index (κ3) is 2.90. The molecule has 0 aliphatic carbocycles. The van der Waals surface area contributed by atoms with E-state index in [1.165, 1.54) is 17.5 Å². The van der Waals surface area contributed by atoms with Crippen molar-refractivity contribution >= 4 is 31.6 Å². The number of likely N-dealkylation sites (tertiary alicyclic amines) is 1. The normalized spacial score (nSPS) is 18.3. The van der Waals surface area contributed by atoms with E-state index in [-0.39, 0.29) is 6.04 Å². The zero-order valence-electron chi connectivity index (χ0n) is 12.9. The van der Waals surface area contributed by atoms with E-state index in [0.29, 0.717) is 11.4 Å². The Morgan fingerprint density at radius 3 is 2.82 bits per heavy atom. The highest BCUT2D eigenvalue weighted by Crippen LogP contribution is 2.27. The highest BCUT2D eigenvalue weighted by molar-refractivity contribution is 7.89. The van der Waals surface area contributed by atoms with Crippen molar-refractivity contribution in [3.8, 4) is 0 Å². The van der Waals surface area contributed by atoms with Crippen molar-refractivity contribution in [1.29, 1.82) is 0 Å². The van der Waals surface area contributed by atoms with Crippen molar-refractivity contribution in [1.82, 2.24) is 14.2 Å². The van der Waals surface area contributed by atoms with Gasteiger partial charge in [-0.3, -0.25) is 4.98 Å². The van der Waals surface area contributed by atoms with E-state index in [2.05, 4.69) is 16.9 Å². The maximum Gasteiger partial charge on any atom is 0.244 e. The third-order valence-corrected chi connectivity index (χ3v) is 7.14. The van der Waals surface area contributed by atoms with E-state index in [1.807, 2.05) is 18.4 Å². The molecule has 0 aromatic carbocycles. The maximum atomic E-state index is 13.0. The van der Waals surface area contributed by atoms with Crippen molar-refractivity contribution in [3.63, 3.8) is 0 Å². The van der Waals surface area contributed by atoms with Crippen LogP contribution in [-0.4, -0.2) is 55.3 Å². The van der Waals surface area contributed by atoms with E-state index in [1.54, 1.807) is 10.4 Å². The summed E-state index contributed by atoms with van der Waals surface area (Å²) >= 11 is 1.52. The lowest BCUT2D eigenvalue weighted by Gasteiger charge is -2.35. The third-order valence-electron chi connectivity index (χ3n) is 4.29. The molecule has 1 fully saturated rings. The molecular formula is C15H21N3O2S2. The van der Waals surface area contributed by atoms with Crippen LogP contribution in [0.4, 0.5) is 0 Å². The molecule has 0 spiro atoms. The Kier molecular flexibility index (Phi) is 4.49. The Morgan fingerprint density at radius 1 is 1.41 bits per heavy atom.